The van der Waals surface area contributed by atoms with Crippen molar-refractivity contribution in [2.24, 2.45) is 5.92 Å². The maximum atomic E-state index is 12.6. The molecule has 0 spiro atoms. The van der Waals surface area contributed by atoms with Crippen LogP contribution in [0, 0.1) is 5.92 Å². The number of nitrogens with zero attached hydrogens (tertiary/aromatic N) is 2. The number of rotatable bonds is 10. The second kappa shape index (κ2) is 11.6. The Morgan fingerprint density at radius 1 is 1.16 bits per heavy atom. The zero-order valence-electron chi connectivity index (χ0n) is 18.1. The summed E-state index contributed by atoms with van der Waals surface area (Å²) in [6.45, 7) is 8.96. The van der Waals surface area contributed by atoms with Crippen LogP contribution in [0.1, 0.15) is 16.9 Å². The third-order valence-corrected chi connectivity index (χ3v) is 6.86. The molecule has 6 nitrogen and oxygen atoms in total. The van der Waals surface area contributed by atoms with E-state index in [2.05, 4.69) is 32.6 Å². The van der Waals surface area contributed by atoms with Crippen molar-refractivity contribution < 1.29 is 14.3 Å². The van der Waals surface area contributed by atoms with Crippen molar-refractivity contribution in [1.82, 2.24) is 15.1 Å². The van der Waals surface area contributed by atoms with Crippen LogP contribution in [0.25, 0.3) is 0 Å². The Kier molecular flexibility index (Phi) is 8.35. The molecule has 1 saturated heterocycles. The highest BCUT2D eigenvalue weighted by Crippen LogP contribution is 2.26. The van der Waals surface area contributed by atoms with Crippen molar-refractivity contribution in [3.05, 3.63) is 52.2 Å². The first kappa shape index (κ1) is 22.3. The lowest BCUT2D eigenvalue weighted by atomic mass is 9.96. The predicted octanol–water partition coefficient (Wildman–Crippen LogP) is 2.64. The smallest absolute Gasteiger partial charge is 0.226 e. The van der Waals surface area contributed by atoms with Crippen molar-refractivity contribution in [2.75, 3.05) is 59.1 Å². The Balaban J connectivity index is 1.20. The number of amides is 1. The number of ether oxygens (including phenoxy) is 2. The molecule has 1 aromatic carbocycles. The van der Waals surface area contributed by atoms with Gasteiger partial charge in [0.15, 0.2) is 0 Å². The van der Waals surface area contributed by atoms with E-state index in [1.807, 2.05) is 35.6 Å². The number of para-hydroxylation sites is 1. The van der Waals surface area contributed by atoms with E-state index in [0.29, 0.717) is 13.2 Å². The predicted molar refractivity (Wildman–Crippen MR) is 124 cm³/mol. The molecule has 0 saturated carbocycles. The van der Waals surface area contributed by atoms with Crippen molar-refractivity contribution >= 4 is 17.2 Å². The molecular weight excluding hydrogens is 410 g/mol. The van der Waals surface area contributed by atoms with Crippen LogP contribution in [0.15, 0.2) is 41.8 Å². The van der Waals surface area contributed by atoms with Gasteiger partial charge in [-0.1, -0.05) is 24.3 Å². The van der Waals surface area contributed by atoms with Gasteiger partial charge >= 0.3 is 0 Å². The quantitative estimate of drug-likeness (QED) is 0.572. The van der Waals surface area contributed by atoms with E-state index in [1.54, 1.807) is 0 Å². The van der Waals surface area contributed by atoms with Crippen molar-refractivity contribution in [2.45, 2.75) is 19.4 Å². The van der Waals surface area contributed by atoms with E-state index in [1.165, 1.54) is 4.88 Å². The van der Waals surface area contributed by atoms with Crippen molar-refractivity contribution in [3.63, 3.8) is 0 Å². The molecule has 1 amide bonds. The fourth-order valence-corrected chi connectivity index (χ4v) is 4.90. The molecule has 7 heteroatoms. The number of hydrogen-bond acceptors (Lipinski definition) is 6. The van der Waals surface area contributed by atoms with Crippen molar-refractivity contribution in [1.29, 1.82) is 0 Å². The molecule has 31 heavy (non-hydrogen) atoms. The average molecular weight is 444 g/mol. The van der Waals surface area contributed by atoms with Crippen LogP contribution in [0.2, 0.25) is 0 Å². The van der Waals surface area contributed by atoms with Crippen LogP contribution >= 0.6 is 11.3 Å². The summed E-state index contributed by atoms with van der Waals surface area (Å²) in [5.41, 5.74) is 1.12. The number of hydrogen-bond donors (Lipinski definition) is 1. The first-order valence-electron chi connectivity index (χ1n) is 11.3. The van der Waals surface area contributed by atoms with Gasteiger partial charge < -0.3 is 14.8 Å². The second-order valence-corrected chi connectivity index (χ2v) is 9.31. The van der Waals surface area contributed by atoms with Crippen LogP contribution in [-0.2, 0) is 22.5 Å². The monoisotopic (exact) mass is 443 g/mol. The van der Waals surface area contributed by atoms with Gasteiger partial charge in [-0.25, -0.2) is 0 Å². The number of nitrogens with one attached hydrogen (secondary N) is 1. The van der Waals surface area contributed by atoms with Gasteiger partial charge in [-0.2, -0.15) is 0 Å². The largest absolute Gasteiger partial charge is 0.492 e. The highest BCUT2D eigenvalue weighted by atomic mass is 32.1. The molecule has 1 fully saturated rings. The molecule has 2 aromatic rings. The zero-order valence-corrected chi connectivity index (χ0v) is 18.9. The van der Waals surface area contributed by atoms with Gasteiger partial charge in [-0.15, -0.1) is 11.3 Å². The zero-order chi connectivity index (χ0) is 21.3. The van der Waals surface area contributed by atoms with Crippen LogP contribution in [0.4, 0.5) is 0 Å². The number of carbonyl (C=O) groups is 1. The van der Waals surface area contributed by atoms with Crippen LogP contribution < -0.4 is 10.1 Å². The summed E-state index contributed by atoms with van der Waals surface area (Å²) in [5.74, 6) is 0.919. The Bertz CT molecular complexity index is 808. The molecule has 2 aliphatic rings. The minimum atomic E-state index is -0.0987. The number of benzene rings is 1. The third-order valence-electron chi connectivity index (χ3n) is 6.00. The minimum absolute atomic E-state index is 0.0987. The average Bonchev–Trinajstić information content (AvgIpc) is 3.33. The molecule has 1 aromatic heterocycles. The van der Waals surface area contributed by atoms with E-state index >= 15 is 0 Å². The SMILES string of the molecule is O=C(NCCCN(CCN1CCOCC1)Cc1cccs1)C1COc2ccccc2C1. The Hall–Kier alpha value is -1.93. The molecule has 1 atom stereocenters. The standard InChI is InChI=1S/C24H33N3O3S/c28-24(21-17-20-5-1-2-7-23(20)30-19-21)25-8-4-9-27(18-22-6-3-16-31-22)11-10-26-12-14-29-15-13-26/h1-3,5-7,16,21H,4,8-15,17-19H2,(H,25,28). The molecule has 2 aliphatic heterocycles. The molecular formula is C24H33N3O3S. The van der Waals surface area contributed by atoms with Gasteiger partial charge in [0.1, 0.15) is 12.4 Å². The number of morpholine rings is 1. The Morgan fingerprint density at radius 2 is 2.03 bits per heavy atom. The topological polar surface area (TPSA) is 54.0 Å². The van der Waals surface area contributed by atoms with Gasteiger partial charge in [-0.3, -0.25) is 14.6 Å². The van der Waals surface area contributed by atoms with E-state index in [0.717, 1.165) is 76.6 Å². The third kappa shape index (κ3) is 6.77. The summed E-state index contributed by atoms with van der Waals surface area (Å²) < 4.78 is 11.2. The van der Waals surface area contributed by atoms with Crippen LogP contribution in [0.3, 0.4) is 0 Å². The van der Waals surface area contributed by atoms with Crippen molar-refractivity contribution in [3.8, 4) is 5.75 Å². The lowest BCUT2D eigenvalue weighted by Crippen LogP contribution is -2.42. The lowest BCUT2D eigenvalue weighted by Gasteiger charge is -2.30. The summed E-state index contributed by atoms with van der Waals surface area (Å²) >= 11 is 1.81. The molecule has 168 valence electrons. The Labute approximate surface area is 189 Å². The maximum absolute atomic E-state index is 12.6. The van der Waals surface area contributed by atoms with Gasteiger partial charge in [0.05, 0.1) is 19.1 Å². The fourth-order valence-electron chi connectivity index (χ4n) is 4.16. The summed E-state index contributed by atoms with van der Waals surface area (Å²) in [6, 6.07) is 12.3. The van der Waals surface area contributed by atoms with Gasteiger partial charge in [0.2, 0.25) is 5.91 Å². The second-order valence-electron chi connectivity index (χ2n) is 8.27. The van der Waals surface area contributed by atoms with Gasteiger partial charge in [0.25, 0.3) is 0 Å². The van der Waals surface area contributed by atoms with E-state index in [9.17, 15) is 4.79 Å². The molecule has 1 N–H and O–H groups in total. The van der Waals surface area contributed by atoms with Crippen LogP contribution in [0.5, 0.6) is 5.75 Å². The number of thiophene rings is 1. The first-order valence-corrected chi connectivity index (χ1v) is 12.2. The molecule has 0 radical (unpaired) electrons. The Morgan fingerprint density at radius 3 is 2.87 bits per heavy atom. The summed E-state index contributed by atoms with van der Waals surface area (Å²) in [7, 11) is 0. The van der Waals surface area contributed by atoms with E-state index in [-0.39, 0.29) is 11.8 Å². The van der Waals surface area contributed by atoms with E-state index in [4.69, 9.17) is 9.47 Å². The molecule has 0 aliphatic carbocycles. The molecule has 1 unspecified atom stereocenters. The highest BCUT2D eigenvalue weighted by molar-refractivity contribution is 7.09. The fraction of sp³-hybridized carbons (Fsp3) is 0.542. The maximum Gasteiger partial charge on any atom is 0.226 e. The number of carbonyl (C=O) groups excluding carboxylic acids is 1. The molecule has 0 bridgehead atoms. The summed E-state index contributed by atoms with van der Waals surface area (Å²) in [4.78, 5) is 19.0. The van der Waals surface area contributed by atoms with Gasteiger partial charge in [-0.05, 0) is 35.9 Å². The van der Waals surface area contributed by atoms with Gasteiger partial charge in [0, 0.05) is 50.7 Å². The summed E-state index contributed by atoms with van der Waals surface area (Å²) in [6.07, 6.45) is 1.70. The number of fused-ring (bicyclic) bond motifs is 1. The van der Waals surface area contributed by atoms with E-state index < -0.39 is 0 Å². The molecule has 3 heterocycles. The summed E-state index contributed by atoms with van der Waals surface area (Å²) in [5, 5.41) is 5.27. The normalized spacial score (nSPS) is 19.1. The van der Waals surface area contributed by atoms with Crippen LogP contribution in [-0.4, -0.2) is 74.8 Å². The minimum Gasteiger partial charge on any atom is -0.492 e. The lowest BCUT2D eigenvalue weighted by molar-refractivity contribution is -0.126. The highest BCUT2D eigenvalue weighted by Gasteiger charge is 2.25. The first-order chi connectivity index (χ1) is 15.3. The molecule has 4 rings (SSSR count).